The van der Waals surface area contributed by atoms with Crippen LogP contribution in [-0.4, -0.2) is 46.5 Å². The Morgan fingerprint density at radius 1 is 1.42 bits per heavy atom. The smallest absolute Gasteiger partial charge is 0.310 e. The fourth-order valence-corrected chi connectivity index (χ4v) is 2.99. The number of carbonyl (C=O) groups is 2. The Balaban J connectivity index is 2.22. The lowest BCUT2D eigenvalue weighted by Crippen LogP contribution is -2.44. The molecule has 1 aliphatic heterocycles. The highest BCUT2D eigenvalue weighted by Gasteiger charge is 2.29. The third kappa shape index (κ3) is 4.01. The summed E-state index contributed by atoms with van der Waals surface area (Å²) in [5.74, 6) is -1.10. The number of likely N-dealkylation sites (tertiary alicyclic amines) is 1. The lowest BCUT2D eigenvalue weighted by Gasteiger charge is -2.35. The fraction of sp³-hybridized carbons (Fsp3) is 0.500. The van der Waals surface area contributed by atoms with Gasteiger partial charge < -0.3 is 14.7 Å². The summed E-state index contributed by atoms with van der Waals surface area (Å²) in [6.07, 6.45) is 3.00. The molecule has 1 atom stereocenters. The lowest BCUT2D eigenvalue weighted by molar-refractivity contribution is -0.385. The van der Waals surface area contributed by atoms with Crippen molar-refractivity contribution in [1.29, 1.82) is 0 Å². The molecule has 0 aliphatic carbocycles. The summed E-state index contributed by atoms with van der Waals surface area (Å²) in [5, 5.41) is 19.8. The summed E-state index contributed by atoms with van der Waals surface area (Å²) in [6, 6.07) is 3.90. The molecule has 0 aromatic heterocycles. The van der Waals surface area contributed by atoms with Gasteiger partial charge in [0.25, 0.3) is 5.91 Å². The van der Waals surface area contributed by atoms with Gasteiger partial charge in [-0.3, -0.25) is 19.7 Å². The molecule has 0 radical (unpaired) electrons. The summed E-state index contributed by atoms with van der Waals surface area (Å²) in [6.45, 7) is 0.558. The van der Waals surface area contributed by atoms with Gasteiger partial charge in [-0.1, -0.05) is 0 Å². The highest BCUT2D eigenvalue weighted by molar-refractivity contribution is 5.95. The number of nitro benzene ring substituents is 1. The Kier molecular flexibility index (Phi) is 5.73. The highest BCUT2D eigenvalue weighted by Crippen LogP contribution is 2.29. The number of piperidine rings is 1. The van der Waals surface area contributed by atoms with Crippen molar-refractivity contribution in [2.75, 3.05) is 13.7 Å². The number of aliphatic carboxylic acids is 1. The number of nitro groups is 1. The second kappa shape index (κ2) is 7.76. The number of rotatable bonds is 6. The molecule has 1 unspecified atom stereocenters. The molecule has 24 heavy (non-hydrogen) atoms. The summed E-state index contributed by atoms with van der Waals surface area (Å²) < 4.78 is 5.00. The number of carboxylic acids is 1. The van der Waals surface area contributed by atoms with E-state index in [0.717, 1.165) is 19.3 Å². The van der Waals surface area contributed by atoms with E-state index in [1.807, 2.05) is 0 Å². The zero-order valence-electron chi connectivity index (χ0n) is 13.4. The van der Waals surface area contributed by atoms with Crippen molar-refractivity contribution in [3.63, 3.8) is 0 Å². The first-order valence-corrected chi connectivity index (χ1v) is 7.79. The first-order valence-electron chi connectivity index (χ1n) is 7.79. The number of carbonyl (C=O) groups excluding carboxylic acids is 1. The zero-order chi connectivity index (χ0) is 17.7. The van der Waals surface area contributed by atoms with E-state index < -0.39 is 10.9 Å². The van der Waals surface area contributed by atoms with Gasteiger partial charge >= 0.3 is 11.7 Å². The maximum Gasteiger partial charge on any atom is 0.310 e. The quantitative estimate of drug-likeness (QED) is 0.631. The molecule has 0 bridgehead atoms. The summed E-state index contributed by atoms with van der Waals surface area (Å²) in [4.78, 5) is 35.6. The number of carboxylic acid groups (broad SMARTS) is 1. The van der Waals surface area contributed by atoms with Gasteiger partial charge in [0.05, 0.1) is 12.0 Å². The Labute approximate surface area is 139 Å². The van der Waals surface area contributed by atoms with Crippen LogP contribution in [0.3, 0.4) is 0 Å². The van der Waals surface area contributed by atoms with Gasteiger partial charge in [0.1, 0.15) is 0 Å². The van der Waals surface area contributed by atoms with Gasteiger partial charge in [0, 0.05) is 36.7 Å². The van der Waals surface area contributed by atoms with Crippen molar-refractivity contribution in [2.24, 2.45) is 0 Å². The minimum atomic E-state index is -0.884. The van der Waals surface area contributed by atoms with E-state index in [-0.39, 0.29) is 29.8 Å². The topological polar surface area (TPSA) is 110 Å². The van der Waals surface area contributed by atoms with Gasteiger partial charge in [-0.15, -0.1) is 0 Å². The molecule has 1 fully saturated rings. The second-order valence-electron chi connectivity index (χ2n) is 5.72. The number of hydrogen-bond acceptors (Lipinski definition) is 5. The SMILES string of the molecule is COc1cc(C(=O)N2CCCCC2CCC(=O)O)ccc1[N+](=O)[O-]. The Hall–Kier alpha value is -2.64. The number of methoxy groups -OCH3 is 1. The van der Waals surface area contributed by atoms with Crippen LogP contribution in [0.25, 0.3) is 0 Å². The van der Waals surface area contributed by atoms with Crippen LogP contribution in [0, 0.1) is 10.1 Å². The minimum absolute atomic E-state index is 0.0119. The summed E-state index contributed by atoms with van der Waals surface area (Å²) >= 11 is 0. The molecule has 0 spiro atoms. The zero-order valence-corrected chi connectivity index (χ0v) is 13.4. The number of ether oxygens (including phenoxy) is 1. The van der Waals surface area contributed by atoms with E-state index >= 15 is 0 Å². The number of nitrogens with zero attached hydrogens (tertiary/aromatic N) is 2. The molecule has 130 valence electrons. The Morgan fingerprint density at radius 2 is 2.17 bits per heavy atom. The van der Waals surface area contributed by atoms with Gasteiger partial charge in [0.15, 0.2) is 5.75 Å². The molecular weight excluding hydrogens is 316 g/mol. The van der Waals surface area contributed by atoms with Crippen molar-refractivity contribution in [1.82, 2.24) is 4.90 Å². The van der Waals surface area contributed by atoms with E-state index in [2.05, 4.69) is 0 Å². The van der Waals surface area contributed by atoms with E-state index in [0.29, 0.717) is 18.5 Å². The number of benzene rings is 1. The molecule has 1 amide bonds. The third-order valence-corrected chi connectivity index (χ3v) is 4.20. The van der Waals surface area contributed by atoms with Gasteiger partial charge in [-0.2, -0.15) is 0 Å². The molecule has 1 saturated heterocycles. The fourth-order valence-electron chi connectivity index (χ4n) is 2.99. The van der Waals surface area contributed by atoms with Crippen LogP contribution in [0.15, 0.2) is 18.2 Å². The predicted octanol–water partition coefficient (Wildman–Crippen LogP) is 2.46. The molecule has 1 heterocycles. The molecule has 0 saturated carbocycles. The number of hydrogen-bond donors (Lipinski definition) is 1. The highest BCUT2D eigenvalue weighted by atomic mass is 16.6. The van der Waals surface area contributed by atoms with Crippen molar-refractivity contribution in [2.45, 2.75) is 38.1 Å². The average molecular weight is 336 g/mol. The largest absolute Gasteiger partial charge is 0.490 e. The van der Waals surface area contributed by atoms with Crippen LogP contribution >= 0.6 is 0 Å². The van der Waals surface area contributed by atoms with Crippen LogP contribution in [0.2, 0.25) is 0 Å². The average Bonchev–Trinajstić information content (AvgIpc) is 2.58. The molecule has 1 aromatic rings. The maximum atomic E-state index is 12.8. The van der Waals surface area contributed by atoms with E-state index in [1.54, 1.807) is 4.90 Å². The minimum Gasteiger partial charge on any atom is -0.490 e. The normalized spacial score (nSPS) is 17.4. The van der Waals surface area contributed by atoms with Gasteiger partial charge in [0.2, 0.25) is 0 Å². The molecule has 1 N–H and O–H groups in total. The van der Waals surface area contributed by atoms with Crippen LogP contribution in [0.4, 0.5) is 5.69 Å². The first-order chi connectivity index (χ1) is 11.4. The molecule has 1 aliphatic rings. The lowest BCUT2D eigenvalue weighted by atomic mass is 9.97. The van der Waals surface area contributed by atoms with Crippen LogP contribution in [-0.2, 0) is 4.79 Å². The van der Waals surface area contributed by atoms with Crippen molar-refractivity contribution >= 4 is 17.6 Å². The Bertz CT molecular complexity index is 645. The second-order valence-corrected chi connectivity index (χ2v) is 5.72. The molecule has 8 nitrogen and oxygen atoms in total. The van der Waals surface area contributed by atoms with E-state index in [1.165, 1.54) is 25.3 Å². The summed E-state index contributed by atoms with van der Waals surface area (Å²) in [5.41, 5.74) is 0.106. The maximum absolute atomic E-state index is 12.8. The van der Waals surface area contributed by atoms with Gasteiger partial charge in [-0.05, 0) is 31.7 Å². The standard InChI is InChI=1S/C16H20N2O6/c1-24-14-10-11(5-7-13(14)18(22)23)16(21)17-9-3-2-4-12(17)6-8-15(19)20/h5,7,10,12H,2-4,6,8-9H2,1H3,(H,19,20). The summed E-state index contributed by atoms with van der Waals surface area (Å²) in [7, 11) is 1.31. The van der Waals surface area contributed by atoms with Crippen LogP contribution in [0.1, 0.15) is 42.5 Å². The third-order valence-electron chi connectivity index (χ3n) is 4.20. The molecule has 8 heteroatoms. The number of amides is 1. The molecule has 1 aromatic carbocycles. The first kappa shape index (κ1) is 17.7. The van der Waals surface area contributed by atoms with E-state index in [4.69, 9.17) is 9.84 Å². The Morgan fingerprint density at radius 3 is 2.79 bits per heavy atom. The van der Waals surface area contributed by atoms with E-state index in [9.17, 15) is 19.7 Å². The predicted molar refractivity (Wildman–Crippen MR) is 85.2 cm³/mol. The molecular formula is C16H20N2O6. The monoisotopic (exact) mass is 336 g/mol. The van der Waals surface area contributed by atoms with Crippen LogP contribution < -0.4 is 4.74 Å². The van der Waals surface area contributed by atoms with Crippen molar-refractivity contribution in [3.8, 4) is 5.75 Å². The van der Waals surface area contributed by atoms with Gasteiger partial charge in [-0.25, -0.2) is 0 Å². The van der Waals surface area contributed by atoms with Crippen LogP contribution in [0.5, 0.6) is 5.75 Å². The van der Waals surface area contributed by atoms with Crippen molar-refractivity contribution < 1.29 is 24.4 Å². The van der Waals surface area contributed by atoms with Crippen molar-refractivity contribution in [3.05, 3.63) is 33.9 Å². The molecule has 2 rings (SSSR count).